The maximum absolute atomic E-state index is 10.5. The van der Waals surface area contributed by atoms with Crippen LogP contribution in [0, 0.1) is 11.3 Å². The summed E-state index contributed by atoms with van der Waals surface area (Å²) in [5, 5.41) is 3.13. The third kappa shape index (κ3) is 7.99. The van der Waals surface area contributed by atoms with Crippen molar-refractivity contribution in [3.05, 3.63) is 0 Å². The van der Waals surface area contributed by atoms with Crippen LogP contribution in [0.3, 0.4) is 0 Å². The van der Waals surface area contributed by atoms with Crippen molar-refractivity contribution in [3.8, 4) is 0 Å². The van der Waals surface area contributed by atoms with Gasteiger partial charge < -0.3 is 15.6 Å². The van der Waals surface area contributed by atoms with E-state index in [1.54, 1.807) is 0 Å². The van der Waals surface area contributed by atoms with Gasteiger partial charge >= 0.3 is 29.6 Å². The summed E-state index contributed by atoms with van der Waals surface area (Å²) < 4.78 is 31.6. The van der Waals surface area contributed by atoms with Crippen LogP contribution in [0.5, 0.6) is 0 Å². The molecule has 0 saturated heterocycles. The quantitative estimate of drug-likeness (QED) is 0.438. The van der Waals surface area contributed by atoms with E-state index < -0.39 is 10.1 Å². The average molecular weight is 300 g/mol. The Morgan fingerprint density at radius 3 is 2.47 bits per heavy atom. The molecule has 0 aliphatic heterocycles. The fraction of sp³-hybridized carbons (Fsp3) is 1.00. The average Bonchev–Trinajstić information content (AvgIpc) is 2.11. The van der Waals surface area contributed by atoms with E-state index in [0.717, 1.165) is 19.3 Å². The minimum Gasteiger partial charge on any atom is -0.748 e. The molecule has 1 fully saturated rings. The van der Waals surface area contributed by atoms with Gasteiger partial charge in [-0.05, 0) is 37.5 Å². The van der Waals surface area contributed by atoms with Crippen molar-refractivity contribution in [2.24, 2.45) is 17.1 Å². The van der Waals surface area contributed by atoms with Gasteiger partial charge in [-0.15, -0.1) is 0 Å². The molecule has 1 aliphatic rings. The summed E-state index contributed by atoms with van der Waals surface area (Å²) in [6.45, 7) is 6.69. The van der Waals surface area contributed by atoms with Crippen LogP contribution < -0.4 is 40.6 Å². The van der Waals surface area contributed by atoms with E-state index in [0.29, 0.717) is 5.92 Å². The summed E-state index contributed by atoms with van der Waals surface area (Å²) in [4.78, 5) is 0. The van der Waals surface area contributed by atoms with E-state index in [2.05, 4.69) is 19.2 Å². The van der Waals surface area contributed by atoms with Crippen molar-refractivity contribution >= 4 is 10.1 Å². The fourth-order valence-corrected chi connectivity index (χ4v) is 3.39. The summed E-state index contributed by atoms with van der Waals surface area (Å²) in [5.41, 5.74) is 6.30. The summed E-state index contributed by atoms with van der Waals surface area (Å²) in [5.74, 6) is 0.0950. The maximum atomic E-state index is 10.5. The molecule has 0 aromatic heterocycles. The number of nitrogens with one attached hydrogen (secondary N) is 1. The van der Waals surface area contributed by atoms with Crippen LogP contribution in [-0.2, 0) is 10.1 Å². The Hall–Kier alpha value is 0.830. The molecule has 0 aromatic rings. The Morgan fingerprint density at radius 2 is 2.00 bits per heavy atom. The molecule has 0 spiro atoms. The van der Waals surface area contributed by atoms with Crippen molar-refractivity contribution in [1.29, 1.82) is 0 Å². The summed E-state index contributed by atoms with van der Waals surface area (Å²) in [7, 11) is -4.12. The van der Waals surface area contributed by atoms with E-state index in [4.69, 9.17) is 5.73 Å². The molecule has 3 N–H and O–H groups in total. The van der Waals surface area contributed by atoms with Gasteiger partial charge in [-0.25, -0.2) is 8.42 Å². The molecule has 7 heteroatoms. The molecule has 1 rings (SSSR count). The maximum Gasteiger partial charge on any atom is 1.00 e. The van der Waals surface area contributed by atoms with Gasteiger partial charge in [-0.2, -0.15) is 0 Å². The molecular weight excluding hydrogens is 275 g/mol. The predicted octanol–water partition coefficient (Wildman–Crippen LogP) is -2.33. The van der Waals surface area contributed by atoms with Gasteiger partial charge in [0.15, 0.2) is 0 Å². The van der Waals surface area contributed by atoms with Gasteiger partial charge in [0, 0.05) is 18.6 Å². The molecule has 1 saturated carbocycles. The molecule has 0 radical (unpaired) electrons. The monoisotopic (exact) mass is 300 g/mol. The number of rotatable bonds is 5. The van der Waals surface area contributed by atoms with Crippen molar-refractivity contribution < 1.29 is 42.5 Å². The smallest absolute Gasteiger partial charge is 0.748 e. The topological polar surface area (TPSA) is 95.2 Å². The van der Waals surface area contributed by atoms with Gasteiger partial charge in [-0.1, -0.05) is 13.8 Å². The van der Waals surface area contributed by atoms with E-state index in [1.807, 2.05) is 6.92 Å². The Labute approximate surface area is 139 Å². The minimum absolute atomic E-state index is 0. The van der Waals surface area contributed by atoms with Crippen molar-refractivity contribution in [2.75, 3.05) is 12.3 Å². The van der Waals surface area contributed by atoms with Gasteiger partial charge in [0.2, 0.25) is 0 Å². The number of hydrogen-bond donors (Lipinski definition) is 2. The Morgan fingerprint density at radius 1 is 1.42 bits per heavy atom. The van der Waals surface area contributed by atoms with Gasteiger partial charge in [0.1, 0.15) is 0 Å². The molecule has 19 heavy (non-hydrogen) atoms. The first-order valence-electron chi connectivity index (χ1n) is 6.52. The normalized spacial score (nSPS) is 28.5. The second-order valence-corrected chi connectivity index (χ2v) is 7.86. The molecule has 0 amide bonds. The standard InChI is InChI=1S/C12H26N2O3S.Na/c1-9(14-4-5-18(15,16)17)10-6-11(13)8-12(2,3)7-10;/h9-11,14H,4-8,13H2,1-3H3,(H,15,16,17);/q;+1/p-1. The third-order valence-corrected chi connectivity index (χ3v) is 4.46. The van der Waals surface area contributed by atoms with Crippen molar-refractivity contribution in [3.63, 3.8) is 0 Å². The second kappa shape index (κ2) is 7.73. The molecule has 0 bridgehead atoms. The SMILES string of the molecule is CC(NCCS(=O)(=O)[O-])C1CC(N)CC(C)(C)C1.[Na+]. The van der Waals surface area contributed by atoms with Gasteiger partial charge in [0.05, 0.1) is 15.9 Å². The van der Waals surface area contributed by atoms with Gasteiger partial charge in [-0.3, -0.25) is 0 Å². The fourth-order valence-electron chi connectivity index (χ4n) is 3.02. The van der Waals surface area contributed by atoms with Crippen LogP contribution in [0.25, 0.3) is 0 Å². The third-order valence-electron chi connectivity index (χ3n) is 3.76. The van der Waals surface area contributed by atoms with Crippen LogP contribution in [0.1, 0.15) is 40.0 Å². The van der Waals surface area contributed by atoms with E-state index in [1.165, 1.54) is 0 Å². The molecule has 108 valence electrons. The first-order chi connectivity index (χ1) is 8.09. The Balaban J connectivity index is 0.00000324. The molecule has 0 aromatic carbocycles. The van der Waals surface area contributed by atoms with Crippen molar-refractivity contribution in [1.82, 2.24) is 5.32 Å². The second-order valence-electron chi connectivity index (χ2n) is 6.33. The molecule has 3 unspecified atom stereocenters. The Kier molecular flexibility index (Phi) is 8.07. The molecule has 0 heterocycles. The zero-order chi connectivity index (χ0) is 14.0. The van der Waals surface area contributed by atoms with E-state index in [-0.39, 0.29) is 59.4 Å². The zero-order valence-corrected chi connectivity index (χ0v) is 15.3. The summed E-state index contributed by atoms with van der Waals surface area (Å²) in [6.07, 6.45) is 3.08. The van der Waals surface area contributed by atoms with E-state index >= 15 is 0 Å². The first kappa shape index (κ1) is 19.8. The van der Waals surface area contributed by atoms with Crippen LogP contribution in [0.15, 0.2) is 0 Å². The molecule has 3 atom stereocenters. The van der Waals surface area contributed by atoms with Crippen LogP contribution in [0.2, 0.25) is 0 Å². The molecular formula is C12H25N2NaO3S. The minimum atomic E-state index is -4.12. The Bertz CT molecular complexity index is 373. The molecule has 5 nitrogen and oxygen atoms in total. The largest absolute Gasteiger partial charge is 1.00 e. The first-order valence-corrected chi connectivity index (χ1v) is 8.09. The summed E-state index contributed by atoms with van der Waals surface area (Å²) >= 11 is 0. The molecule has 1 aliphatic carbocycles. The predicted molar refractivity (Wildman–Crippen MR) is 71.1 cm³/mol. The van der Waals surface area contributed by atoms with Crippen LogP contribution in [0.4, 0.5) is 0 Å². The van der Waals surface area contributed by atoms with Crippen molar-refractivity contribution in [2.45, 2.75) is 52.1 Å². The zero-order valence-electron chi connectivity index (χ0n) is 12.5. The number of nitrogens with two attached hydrogens (primary N) is 1. The van der Waals surface area contributed by atoms with E-state index in [9.17, 15) is 13.0 Å². The summed E-state index contributed by atoms with van der Waals surface area (Å²) in [6, 6.07) is 0.406. The van der Waals surface area contributed by atoms with Gasteiger partial charge in [0.25, 0.3) is 0 Å². The van der Waals surface area contributed by atoms with Crippen LogP contribution >= 0.6 is 0 Å². The van der Waals surface area contributed by atoms with Crippen LogP contribution in [-0.4, -0.2) is 37.4 Å². The number of hydrogen-bond acceptors (Lipinski definition) is 5.